The van der Waals surface area contributed by atoms with Gasteiger partial charge in [0.05, 0.1) is 24.3 Å². The molecule has 96 valence electrons. The first-order valence-corrected chi connectivity index (χ1v) is 6.26. The van der Waals surface area contributed by atoms with Gasteiger partial charge >= 0.3 is 0 Å². The molecule has 4 nitrogen and oxygen atoms in total. The van der Waals surface area contributed by atoms with E-state index in [0.717, 1.165) is 31.7 Å². The van der Waals surface area contributed by atoms with Crippen molar-refractivity contribution in [3.05, 3.63) is 35.4 Å². The molecule has 0 spiro atoms. The molecular formula is C14H18N2O2. The Morgan fingerprint density at radius 3 is 2.83 bits per heavy atom. The van der Waals surface area contributed by atoms with Crippen molar-refractivity contribution in [1.82, 2.24) is 5.32 Å². The minimum Gasteiger partial charge on any atom is -0.387 e. The van der Waals surface area contributed by atoms with E-state index in [4.69, 9.17) is 10.00 Å². The normalized spacial score (nSPS) is 20.6. The van der Waals surface area contributed by atoms with E-state index in [1.807, 2.05) is 0 Å². The molecule has 2 unspecified atom stereocenters. The minimum atomic E-state index is -0.528. The molecule has 4 heteroatoms. The van der Waals surface area contributed by atoms with Crippen LogP contribution in [0.4, 0.5) is 0 Å². The standard InChI is InChI=1S/C14H18N2O2/c15-7-11-1-3-13(4-2-11)14(17)9-16-8-12-5-6-18-10-12/h1-4,12,14,16-17H,5-6,8-10H2. The fraction of sp³-hybridized carbons (Fsp3) is 0.500. The van der Waals surface area contributed by atoms with Crippen molar-refractivity contribution in [3.8, 4) is 6.07 Å². The zero-order valence-electron chi connectivity index (χ0n) is 10.3. The monoisotopic (exact) mass is 246 g/mol. The molecule has 1 aliphatic rings. The molecule has 0 saturated carbocycles. The van der Waals surface area contributed by atoms with E-state index < -0.39 is 6.10 Å². The van der Waals surface area contributed by atoms with Crippen LogP contribution in [-0.4, -0.2) is 31.4 Å². The highest BCUT2D eigenvalue weighted by Crippen LogP contribution is 2.14. The van der Waals surface area contributed by atoms with Gasteiger partial charge in [-0.25, -0.2) is 0 Å². The maximum Gasteiger partial charge on any atom is 0.0991 e. The van der Waals surface area contributed by atoms with Gasteiger partial charge in [0.25, 0.3) is 0 Å². The van der Waals surface area contributed by atoms with Crippen LogP contribution in [0.1, 0.15) is 23.7 Å². The van der Waals surface area contributed by atoms with Gasteiger partial charge in [0.15, 0.2) is 0 Å². The number of nitriles is 1. The molecule has 0 amide bonds. The Hall–Kier alpha value is -1.41. The van der Waals surface area contributed by atoms with Crippen LogP contribution in [0.25, 0.3) is 0 Å². The molecule has 1 aliphatic heterocycles. The van der Waals surface area contributed by atoms with Crippen LogP contribution in [0.3, 0.4) is 0 Å². The van der Waals surface area contributed by atoms with E-state index in [2.05, 4.69) is 11.4 Å². The summed E-state index contributed by atoms with van der Waals surface area (Å²) in [6.07, 6.45) is 0.569. The van der Waals surface area contributed by atoms with Crippen molar-refractivity contribution in [1.29, 1.82) is 5.26 Å². The van der Waals surface area contributed by atoms with Crippen molar-refractivity contribution < 1.29 is 9.84 Å². The van der Waals surface area contributed by atoms with Gasteiger partial charge in [-0.05, 0) is 30.0 Å². The summed E-state index contributed by atoms with van der Waals surface area (Å²) in [5.74, 6) is 0.568. The largest absolute Gasteiger partial charge is 0.387 e. The van der Waals surface area contributed by atoms with Crippen LogP contribution in [0.15, 0.2) is 24.3 Å². The van der Waals surface area contributed by atoms with Gasteiger partial charge in [-0.1, -0.05) is 12.1 Å². The van der Waals surface area contributed by atoms with Crippen molar-refractivity contribution in [2.45, 2.75) is 12.5 Å². The first-order valence-electron chi connectivity index (χ1n) is 6.26. The van der Waals surface area contributed by atoms with E-state index in [0.29, 0.717) is 18.0 Å². The Labute approximate surface area is 107 Å². The lowest BCUT2D eigenvalue weighted by atomic mass is 10.1. The number of ether oxygens (including phenoxy) is 1. The number of aliphatic hydroxyl groups is 1. The Morgan fingerprint density at radius 2 is 2.22 bits per heavy atom. The SMILES string of the molecule is N#Cc1ccc(C(O)CNCC2CCOC2)cc1. The van der Waals surface area contributed by atoms with Crippen LogP contribution in [-0.2, 0) is 4.74 Å². The summed E-state index contributed by atoms with van der Waals surface area (Å²) in [4.78, 5) is 0. The topological polar surface area (TPSA) is 65.3 Å². The second-order valence-electron chi connectivity index (χ2n) is 4.64. The lowest BCUT2D eigenvalue weighted by Gasteiger charge is -2.14. The predicted octanol–water partition coefficient (Wildman–Crippen LogP) is 1.22. The second kappa shape index (κ2) is 6.50. The van der Waals surface area contributed by atoms with Crippen LogP contribution in [0.2, 0.25) is 0 Å². The smallest absolute Gasteiger partial charge is 0.0991 e. The zero-order chi connectivity index (χ0) is 12.8. The predicted molar refractivity (Wildman–Crippen MR) is 67.9 cm³/mol. The van der Waals surface area contributed by atoms with E-state index in [-0.39, 0.29) is 0 Å². The van der Waals surface area contributed by atoms with Crippen molar-refractivity contribution in [3.63, 3.8) is 0 Å². The van der Waals surface area contributed by atoms with Crippen LogP contribution in [0, 0.1) is 17.2 Å². The zero-order valence-corrected chi connectivity index (χ0v) is 10.3. The number of rotatable bonds is 5. The fourth-order valence-corrected chi connectivity index (χ4v) is 2.07. The molecule has 1 saturated heterocycles. The van der Waals surface area contributed by atoms with Gasteiger partial charge in [-0.15, -0.1) is 0 Å². The molecule has 0 aliphatic carbocycles. The highest BCUT2D eigenvalue weighted by Gasteiger charge is 2.15. The van der Waals surface area contributed by atoms with Gasteiger partial charge in [-0.3, -0.25) is 0 Å². The number of hydrogen-bond donors (Lipinski definition) is 2. The van der Waals surface area contributed by atoms with Crippen molar-refractivity contribution in [2.75, 3.05) is 26.3 Å². The van der Waals surface area contributed by atoms with Crippen molar-refractivity contribution >= 4 is 0 Å². The average molecular weight is 246 g/mol. The first-order chi connectivity index (χ1) is 8.79. The van der Waals surface area contributed by atoms with Gasteiger partial charge in [-0.2, -0.15) is 5.26 Å². The summed E-state index contributed by atoms with van der Waals surface area (Å²) < 4.78 is 5.29. The lowest BCUT2D eigenvalue weighted by molar-refractivity contribution is 0.167. The fourth-order valence-electron chi connectivity index (χ4n) is 2.07. The number of benzene rings is 1. The first kappa shape index (κ1) is 13.0. The molecule has 1 heterocycles. The lowest BCUT2D eigenvalue weighted by Crippen LogP contribution is -2.27. The van der Waals surface area contributed by atoms with Crippen LogP contribution >= 0.6 is 0 Å². The van der Waals surface area contributed by atoms with E-state index in [9.17, 15) is 5.11 Å². The summed E-state index contributed by atoms with van der Waals surface area (Å²) in [5, 5.41) is 21.9. The molecule has 1 aromatic carbocycles. The Balaban J connectivity index is 1.76. The highest BCUT2D eigenvalue weighted by molar-refractivity contribution is 5.32. The van der Waals surface area contributed by atoms with Gasteiger partial charge in [0.1, 0.15) is 0 Å². The summed E-state index contributed by atoms with van der Waals surface area (Å²) in [7, 11) is 0. The third kappa shape index (κ3) is 3.54. The quantitative estimate of drug-likeness (QED) is 0.820. The molecule has 0 bridgehead atoms. The number of aliphatic hydroxyl groups excluding tert-OH is 1. The summed E-state index contributed by atoms with van der Waals surface area (Å²) in [6.45, 7) is 3.08. The van der Waals surface area contributed by atoms with Gasteiger partial charge in [0, 0.05) is 19.7 Å². The summed E-state index contributed by atoms with van der Waals surface area (Å²) >= 11 is 0. The molecule has 0 radical (unpaired) electrons. The third-order valence-electron chi connectivity index (χ3n) is 3.22. The molecule has 2 rings (SSSR count). The maximum atomic E-state index is 9.98. The van der Waals surface area contributed by atoms with Gasteiger partial charge < -0.3 is 15.2 Å². The van der Waals surface area contributed by atoms with Crippen LogP contribution < -0.4 is 5.32 Å². The molecular weight excluding hydrogens is 228 g/mol. The molecule has 0 aromatic heterocycles. The van der Waals surface area contributed by atoms with Gasteiger partial charge in [0.2, 0.25) is 0 Å². The summed E-state index contributed by atoms with van der Waals surface area (Å²) in [5.41, 5.74) is 1.45. The van der Waals surface area contributed by atoms with E-state index in [1.165, 1.54) is 0 Å². The number of hydrogen-bond acceptors (Lipinski definition) is 4. The molecule has 2 N–H and O–H groups in total. The third-order valence-corrected chi connectivity index (χ3v) is 3.22. The molecule has 2 atom stereocenters. The van der Waals surface area contributed by atoms with Crippen LogP contribution in [0.5, 0.6) is 0 Å². The molecule has 18 heavy (non-hydrogen) atoms. The minimum absolute atomic E-state index is 0.528. The molecule has 1 fully saturated rings. The summed E-state index contributed by atoms with van der Waals surface area (Å²) in [6, 6.07) is 9.10. The molecule has 1 aromatic rings. The maximum absolute atomic E-state index is 9.98. The van der Waals surface area contributed by atoms with E-state index in [1.54, 1.807) is 24.3 Å². The Kier molecular flexibility index (Phi) is 4.71. The number of nitrogens with one attached hydrogen (secondary N) is 1. The van der Waals surface area contributed by atoms with Crippen molar-refractivity contribution in [2.24, 2.45) is 5.92 Å². The Bertz CT molecular complexity index is 405. The highest BCUT2D eigenvalue weighted by atomic mass is 16.5. The number of nitrogens with zero attached hydrogens (tertiary/aromatic N) is 1. The second-order valence-corrected chi connectivity index (χ2v) is 4.64. The van der Waals surface area contributed by atoms with E-state index >= 15 is 0 Å². The Morgan fingerprint density at radius 1 is 1.44 bits per heavy atom. The average Bonchev–Trinajstić information content (AvgIpc) is 2.92.